The standard InChI is InChI=1S/C19H25NO/c1-11-4-12(2)17-7-19(21-18(17)13(11)3)15-5-14-6-16(19)10-20(8-14)9-15/h4,14-16H,5-10H2,1-3H3. The molecule has 0 aromatic heterocycles. The van der Waals surface area contributed by atoms with Gasteiger partial charge in [0, 0.05) is 43.5 Å². The minimum absolute atomic E-state index is 0.138. The van der Waals surface area contributed by atoms with Crippen LogP contribution < -0.4 is 4.74 Å². The maximum atomic E-state index is 6.84. The molecule has 5 aliphatic rings. The summed E-state index contributed by atoms with van der Waals surface area (Å²) < 4.78 is 6.84. The van der Waals surface area contributed by atoms with Crippen molar-refractivity contribution in [2.75, 3.05) is 19.6 Å². The Balaban J connectivity index is 1.61. The Labute approximate surface area is 127 Å². The van der Waals surface area contributed by atoms with E-state index in [-0.39, 0.29) is 5.60 Å². The van der Waals surface area contributed by atoms with E-state index in [9.17, 15) is 0 Å². The molecular formula is C19H25NO. The maximum Gasteiger partial charge on any atom is 0.126 e. The molecule has 4 fully saturated rings. The maximum absolute atomic E-state index is 6.84. The van der Waals surface area contributed by atoms with Crippen LogP contribution in [0.1, 0.15) is 35.1 Å². The molecule has 1 spiro atoms. The molecule has 21 heavy (non-hydrogen) atoms. The molecule has 4 bridgehead atoms. The van der Waals surface area contributed by atoms with Gasteiger partial charge in [-0.15, -0.1) is 0 Å². The summed E-state index contributed by atoms with van der Waals surface area (Å²) in [5.74, 6) is 3.71. The van der Waals surface area contributed by atoms with E-state index in [4.69, 9.17) is 4.74 Å². The van der Waals surface area contributed by atoms with Crippen LogP contribution in [0.4, 0.5) is 0 Å². The molecule has 2 nitrogen and oxygen atoms in total. The van der Waals surface area contributed by atoms with E-state index in [1.54, 1.807) is 0 Å². The number of piperidine rings is 3. The Morgan fingerprint density at radius 2 is 1.76 bits per heavy atom. The van der Waals surface area contributed by atoms with Crippen molar-refractivity contribution in [1.29, 1.82) is 0 Å². The van der Waals surface area contributed by atoms with E-state index in [0.717, 1.165) is 17.8 Å². The lowest BCUT2D eigenvalue weighted by atomic mass is 9.58. The van der Waals surface area contributed by atoms with E-state index in [2.05, 4.69) is 31.7 Å². The largest absolute Gasteiger partial charge is 0.486 e. The highest BCUT2D eigenvalue weighted by atomic mass is 16.5. The molecule has 2 unspecified atom stereocenters. The summed E-state index contributed by atoms with van der Waals surface area (Å²) in [6, 6.07) is 2.36. The Morgan fingerprint density at radius 3 is 2.43 bits per heavy atom. The fourth-order valence-electron chi connectivity index (χ4n) is 5.87. The summed E-state index contributed by atoms with van der Waals surface area (Å²) in [4.78, 5) is 2.70. The minimum Gasteiger partial charge on any atom is -0.486 e. The van der Waals surface area contributed by atoms with Gasteiger partial charge in [0.1, 0.15) is 11.4 Å². The van der Waals surface area contributed by atoms with E-state index in [1.807, 2.05) is 0 Å². The first-order valence-electron chi connectivity index (χ1n) is 8.58. The van der Waals surface area contributed by atoms with Gasteiger partial charge in [-0.3, -0.25) is 0 Å². The van der Waals surface area contributed by atoms with Crippen LogP contribution >= 0.6 is 0 Å². The number of rotatable bonds is 0. The smallest absolute Gasteiger partial charge is 0.126 e. The molecule has 4 aliphatic heterocycles. The Kier molecular flexibility index (Phi) is 2.29. The molecule has 6 rings (SSSR count). The lowest BCUT2D eigenvalue weighted by molar-refractivity contribution is -0.158. The molecule has 1 aromatic carbocycles. The predicted octanol–water partition coefficient (Wildman–Crippen LogP) is 3.26. The third-order valence-electron chi connectivity index (χ3n) is 6.95. The van der Waals surface area contributed by atoms with E-state index >= 15 is 0 Å². The second-order valence-electron chi connectivity index (χ2n) is 8.13. The van der Waals surface area contributed by atoms with Crippen LogP contribution in [0.25, 0.3) is 0 Å². The zero-order chi connectivity index (χ0) is 14.4. The zero-order valence-electron chi connectivity index (χ0n) is 13.4. The van der Waals surface area contributed by atoms with Gasteiger partial charge in [0.25, 0.3) is 0 Å². The third kappa shape index (κ3) is 1.47. The Bertz CT molecular complexity index is 605. The monoisotopic (exact) mass is 283 g/mol. The first-order valence-corrected chi connectivity index (χ1v) is 8.58. The number of aryl methyl sites for hydroxylation is 2. The SMILES string of the molecule is Cc1cc(C)c2c(c1C)OC1(C2)C2CC3CC1CN(C3)C2. The van der Waals surface area contributed by atoms with Crippen LogP contribution in [0.5, 0.6) is 5.75 Å². The molecule has 0 amide bonds. The van der Waals surface area contributed by atoms with Crippen molar-refractivity contribution in [3.63, 3.8) is 0 Å². The van der Waals surface area contributed by atoms with E-state index in [1.165, 1.54) is 66.9 Å². The van der Waals surface area contributed by atoms with Crippen LogP contribution in [0.2, 0.25) is 0 Å². The molecule has 2 heteroatoms. The first-order chi connectivity index (χ1) is 10.1. The van der Waals surface area contributed by atoms with Gasteiger partial charge in [0.2, 0.25) is 0 Å². The fraction of sp³-hybridized carbons (Fsp3) is 0.684. The summed E-state index contributed by atoms with van der Waals surface area (Å²) >= 11 is 0. The van der Waals surface area contributed by atoms with Crippen molar-refractivity contribution in [3.05, 3.63) is 28.3 Å². The summed E-state index contributed by atoms with van der Waals surface area (Å²) in [5.41, 5.74) is 5.86. The Hall–Kier alpha value is -1.02. The predicted molar refractivity (Wildman–Crippen MR) is 83.9 cm³/mol. The summed E-state index contributed by atoms with van der Waals surface area (Å²) in [6.07, 6.45) is 3.97. The molecule has 4 heterocycles. The molecule has 1 saturated carbocycles. The van der Waals surface area contributed by atoms with Gasteiger partial charge in [-0.05, 0) is 56.2 Å². The zero-order valence-corrected chi connectivity index (χ0v) is 13.4. The van der Waals surface area contributed by atoms with Crippen LogP contribution in [0, 0.1) is 38.5 Å². The first kappa shape index (κ1) is 12.5. The molecule has 1 aliphatic carbocycles. The van der Waals surface area contributed by atoms with Gasteiger partial charge in [-0.2, -0.15) is 0 Å². The summed E-state index contributed by atoms with van der Waals surface area (Å²) in [5, 5.41) is 0. The Morgan fingerprint density at radius 1 is 1.05 bits per heavy atom. The summed E-state index contributed by atoms with van der Waals surface area (Å²) in [7, 11) is 0. The topological polar surface area (TPSA) is 12.5 Å². The van der Waals surface area contributed by atoms with E-state index in [0.29, 0.717) is 0 Å². The van der Waals surface area contributed by atoms with Crippen molar-refractivity contribution in [2.45, 2.75) is 45.6 Å². The average Bonchev–Trinajstić information content (AvgIpc) is 2.84. The molecule has 1 aromatic rings. The highest BCUT2D eigenvalue weighted by Gasteiger charge is 2.60. The van der Waals surface area contributed by atoms with Gasteiger partial charge in [-0.1, -0.05) is 6.07 Å². The molecule has 3 saturated heterocycles. The van der Waals surface area contributed by atoms with Crippen molar-refractivity contribution in [3.8, 4) is 5.75 Å². The second-order valence-corrected chi connectivity index (χ2v) is 8.13. The number of ether oxygens (including phenoxy) is 1. The second kappa shape index (κ2) is 3.84. The van der Waals surface area contributed by atoms with Gasteiger partial charge in [0.05, 0.1) is 0 Å². The normalized spacial score (nSPS) is 42.4. The lowest BCUT2D eigenvalue weighted by Gasteiger charge is -2.60. The van der Waals surface area contributed by atoms with Crippen LogP contribution in [-0.2, 0) is 6.42 Å². The van der Waals surface area contributed by atoms with Crippen LogP contribution in [-0.4, -0.2) is 30.1 Å². The van der Waals surface area contributed by atoms with Gasteiger partial charge in [-0.25, -0.2) is 0 Å². The molecule has 2 atom stereocenters. The van der Waals surface area contributed by atoms with Crippen LogP contribution in [0.15, 0.2) is 6.07 Å². The lowest BCUT2D eigenvalue weighted by Crippen LogP contribution is -2.68. The minimum atomic E-state index is 0.138. The molecule has 0 N–H and O–H groups in total. The number of hydrogen-bond donors (Lipinski definition) is 0. The average molecular weight is 283 g/mol. The summed E-state index contributed by atoms with van der Waals surface area (Å²) in [6.45, 7) is 10.6. The number of fused-ring (bicyclic) bond motifs is 1. The highest BCUT2D eigenvalue weighted by Crippen LogP contribution is 2.57. The fourth-order valence-corrected chi connectivity index (χ4v) is 5.87. The van der Waals surface area contributed by atoms with Gasteiger partial charge in [0.15, 0.2) is 0 Å². The number of nitrogens with zero attached hydrogens (tertiary/aromatic N) is 1. The van der Waals surface area contributed by atoms with E-state index < -0.39 is 0 Å². The molecular weight excluding hydrogens is 258 g/mol. The quantitative estimate of drug-likeness (QED) is 0.724. The van der Waals surface area contributed by atoms with Gasteiger partial charge < -0.3 is 9.64 Å². The number of hydrogen-bond acceptors (Lipinski definition) is 2. The van der Waals surface area contributed by atoms with Crippen molar-refractivity contribution >= 4 is 0 Å². The highest BCUT2D eigenvalue weighted by molar-refractivity contribution is 5.53. The van der Waals surface area contributed by atoms with Crippen molar-refractivity contribution < 1.29 is 4.74 Å². The molecule has 0 radical (unpaired) electrons. The van der Waals surface area contributed by atoms with Crippen molar-refractivity contribution in [1.82, 2.24) is 4.90 Å². The van der Waals surface area contributed by atoms with Crippen molar-refractivity contribution in [2.24, 2.45) is 17.8 Å². The molecule has 112 valence electrons. The number of benzene rings is 1. The third-order valence-corrected chi connectivity index (χ3v) is 6.95. The van der Waals surface area contributed by atoms with Gasteiger partial charge >= 0.3 is 0 Å². The van der Waals surface area contributed by atoms with Crippen LogP contribution in [0.3, 0.4) is 0 Å².